The van der Waals surface area contributed by atoms with Crippen LogP contribution in [0.3, 0.4) is 0 Å². The third-order valence-electron chi connectivity index (χ3n) is 3.10. The lowest BCUT2D eigenvalue weighted by Gasteiger charge is -2.14. The summed E-state index contributed by atoms with van der Waals surface area (Å²) >= 11 is 3.53. The van der Waals surface area contributed by atoms with Crippen molar-refractivity contribution in [3.63, 3.8) is 0 Å². The Kier molecular flexibility index (Phi) is 5.06. The van der Waals surface area contributed by atoms with Crippen LogP contribution in [0.4, 0.5) is 5.69 Å². The highest BCUT2D eigenvalue weighted by Crippen LogP contribution is 2.28. The number of halogens is 1. The molecule has 1 aromatic carbocycles. The SMILES string of the molecule is CCc1cc(Br)cc(CC)c1NC=C(C#N)c1nn[nH]n1. The maximum Gasteiger partial charge on any atom is 0.216 e. The molecule has 1 heterocycles. The maximum absolute atomic E-state index is 9.19. The van der Waals surface area contributed by atoms with Crippen molar-refractivity contribution >= 4 is 27.2 Å². The molecule has 0 aliphatic rings. The standard InChI is InChI=1S/C14H15BrN6/c1-3-9-5-12(15)6-10(4-2)13(9)17-8-11(7-16)14-18-20-21-19-14/h5-6,8,17H,3-4H2,1-2H3,(H,18,19,20,21). The number of H-pyrrole nitrogens is 1. The summed E-state index contributed by atoms with van der Waals surface area (Å²) < 4.78 is 1.06. The Bertz CT molecular complexity index is 659. The van der Waals surface area contributed by atoms with Crippen LogP contribution in [-0.2, 0) is 12.8 Å². The average molecular weight is 347 g/mol. The van der Waals surface area contributed by atoms with E-state index >= 15 is 0 Å². The van der Waals surface area contributed by atoms with Crippen LogP contribution in [0.5, 0.6) is 0 Å². The molecule has 0 radical (unpaired) electrons. The fourth-order valence-corrected chi connectivity index (χ4v) is 2.59. The highest BCUT2D eigenvalue weighted by Gasteiger charge is 2.09. The molecule has 6 nitrogen and oxygen atoms in total. The Labute approximate surface area is 131 Å². The Hall–Kier alpha value is -2.20. The molecular weight excluding hydrogens is 332 g/mol. The van der Waals surface area contributed by atoms with Gasteiger partial charge < -0.3 is 5.32 Å². The number of hydrogen-bond acceptors (Lipinski definition) is 5. The van der Waals surface area contributed by atoms with Crippen molar-refractivity contribution in [1.29, 1.82) is 5.26 Å². The van der Waals surface area contributed by atoms with Crippen LogP contribution in [0.15, 0.2) is 22.8 Å². The maximum atomic E-state index is 9.19. The van der Waals surface area contributed by atoms with Gasteiger partial charge in [-0.3, -0.25) is 0 Å². The van der Waals surface area contributed by atoms with Gasteiger partial charge in [0.25, 0.3) is 0 Å². The van der Waals surface area contributed by atoms with Crippen molar-refractivity contribution in [1.82, 2.24) is 20.6 Å². The zero-order chi connectivity index (χ0) is 15.2. The van der Waals surface area contributed by atoms with Crippen molar-refractivity contribution in [2.45, 2.75) is 26.7 Å². The van der Waals surface area contributed by atoms with Gasteiger partial charge >= 0.3 is 0 Å². The Morgan fingerprint density at radius 3 is 2.52 bits per heavy atom. The number of aromatic nitrogens is 4. The van der Waals surface area contributed by atoms with Gasteiger partial charge in [0.05, 0.1) is 0 Å². The first kappa shape index (κ1) is 15.2. The molecule has 1 aromatic heterocycles. The molecular formula is C14H15BrN6. The van der Waals surface area contributed by atoms with Gasteiger partial charge in [-0.25, -0.2) is 0 Å². The van der Waals surface area contributed by atoms with Gasteiger partial charge in [0, 0.05) is 16.4 Å². The molecule has 2 aromatic rings. The van der Waals surface area contributed by atoms with Gasteiger partial charge in [0.2, 0.25) is 5.82 Å². The number of allylic oxidation sites excluding steroid dienone is 1. The molecule has 0 unspecified atom stereocenters. The summed E-state index contributed by atoms with van der Waals surface area (Å²) in [6, 6.07) is 6.22. The van der Waals surface area contributed by atoms with E-state index in [2.05, 4.69) is 73.9 Å². The number of aromatic amines is 1. The molecule has 0 aliphatic carbocycles. The van der Waals surface area contributed by atoms with Crippen LogP contribution in [0.2, 0.25) is 0 Å². The number of anilines is 1. The molecule has 0 atom stereocenters. The molecule has 0 aliphatic heterocycles. The summed E-state index contributed by atoms with van der Waals surface area (Å²) in [4.78, 5) is 0. The van der Waals surface area contributed by atoms with E-state index in [4.69, 9.17) is 0 Å². The molecule has 0 fully saturated rings. The third kappa shape index (κ3) is 3.47. The summed E-state index contributed by atoms with van der Waals surface area (Å²) in [6.45, 7) is 4.20. The Morgan fingerprint density at radius 1 is 1.38 bits per heavy atom. The average Bonchev–Trinajstić information content (AvgIpc) is 3.02. The number of nitriles is 1. The number of hydrogen-bond donors (Lipinski definition) is 2. The van der Waals surface area contributed by atoms with Crippen molar-refractivity contribution in [3.8, 4) is 6.07 Å². The van der Waals surface area contributed by atoms with E-state index in [1.165, 1.54) is 11.1 Å². The Morgan fingerprint density at radius 2 is 2.05 bits per heavy atom. The number of tetrazole rings is 1. The first-order valence-electron chi connectivity index (χ1n) is 6.61. The second-order valence-corrected chi connectivity index (χ2v) is 5.27. The molecule has 0 spiro atoms. The van der Waals surface area contributed by atoms with Gasteiger partial charge in [0.15, 0.2) is 0 Å². The van der Waals surface area contributed by atoms with Crippen molar-refractivity contribution < 1.29 is 0 Å². The zero-order valence-electron chi connectivity index (χ0n) is 11.8. The molecule has 2 N–H and O–H groups in total. The summed E-state index contributed by atoms with van der Waals surface area (Å²) in [7, 11) is 0. The van der Waals surface area contributed by atoms with E-state index in [1.807, 2.05) is 0 Å². The smallest absolute Gasteiger partial charge is 0.216 e. The first-order valence-corrected chi connectivity index (χ1v) is 7.40. The second-order valence-electron chi connectivity index (χ2n) is 4.36. The molecule has 0 saturated carbocycles. The van der Waals surface area contributed by atoms with Crippen LogP contribution < -0.4 is 5.32 Å². The van der Waals surface area contributed by atoms with Gasteiger partial charge in [-0.2, -0.15) is 10.5 Å². The van der Waals surface area contributed by atoms with E-state index in [0.717, 1.165) is 23.0 Å². The summed E-state index contributed by atoms with van der Waals surface area (Å²) in [5.74, 6) is 0.276. The lowest BCUT2D eigenvalue weighted by Crippen LogP contribution is -2.01. The van der Waals surface area contributed by atoms with Gasteiger partial charge in [-0.1, -0.05) is 29.8 Å². The zero-order valence-corrected chi connectivity index (χ0v) is 13.4. The van der Waals surface area contributed by atoms with E-state index in [-0.39, 0.29) is 5.82 Å². The minimum atomic E-state index is 0.276. The van der Waals surface area contributed by atoms with Crippen molar-refractivity contribution in [2.75, 3.05) is 5.32 Å². The summed E-state index contributed by atoms with van der Waals surface area (Å²) in [6.07, 6.45) is 3.41. The molecule has 21 heavy (non-hydrogen) atoms. The van der Waals surface area contributed by atoms with Gasteiger partial charge in [-0.15, -0.1) is 10.2 Å². The predicted octanol–water partition coefficient (Wildman–Crippen LogP) is 3.06. The van der Waals surface area contributed by atoms with Gasteiger partial charge in [-0.05, 0) is 41.3 Å². The normalized spacial score (nSPS) is 11.2. The van der Waals surface area contributed by atoms with E-state index in [9.17, 15) is 5.26 Å². The molecule has 2 rings (SSSR count). The number of aryl methyl sites for hydroxylation is 2. The predicted molar refractivity (Wildman–Crippen MR) is 84.3 cm³/mol. The van der Waals surface area contributed by atoms with Gasteiger partial charge in [0.1, 0.15) is 11.6 Å². The fraction of sp³-hybridized carbons (Fsp3) is 0.286. The largest absolute Gasteiger partial charge is 0.360 e. The number of rotatable bonds is 5. The second kappa shape index (κ2) is 6.99. The molecule has 0 amide bonds. The lowest BCUT2D eigenvalue weighted by molar-refractivity contribution is 0.881. The van der Waals surface area contributed by atoms with Crippen LogP contribution in [0.25, 0.3) is 5.57 Å². The lowest BCUT2D eigenvalue weighted by atomic mass is 10.0. The van der Waals surface area contributed by atoms with Crippen LogP contribution in [0, 0.1) is 11.3 Å². The number of nitrogens with one attached hydrogen (secondary N) is 2. The van der Waals surface area contributed by atoms with E-state index < -0.39 is 0 Å². The van der Waals surface area contributed by atoms with Crippen LogP contribution >= 0.6 is 15.9 Å². The number of nitrogens with zero attached hydrogens (tertiary/aromatic N) is 4. The van der Waals surface area contributed by atoms with Crippen LogP contribution in [0.1, 0.15) is 30.8 Å². The van der Waals surface area contributed by atoms with Crippen LogP contribution in [-0.4, -0.2) is 20.6 Å². The first-order chi connectivity index (χ1) is 10.2. The highest BCUT2D eigenvalue weighted by atomic mass is 79.9. The summed E-state index contributed by atoms with van der Waals surface area (Å²) in [5, 5.41) is 25.8. The highest BCUT2D eigenvalue weighted by molar-refractivity contribution is 9.10. The van der Waals surface area contributed by atoms with E-state index in [0.29, 0.717) is 5.57 Å². The fourth-order valence-electron chi connectivity index (χ4n) is 2.04. The Balaban J connectivity index is 2.37. The van der Waals surface area contributed by atoms with E-state index in [1.54, 1.807) is 6.20 Å². The minimum absolute atomic E-state index is 0.276. The molecule has 0 saturated heterocycles. The van der Waals surface area contributed by atoms with Crippen molar-refractivity contribution in [3.05, 3.63) is 39.8 Å². The molecule has 0 bridgehead atoms. The summed E-state index contributed by atoms with van der Waals surface area (Å²) in [5.41, 5.74) is 3.72. The topological polar surface area (TPSA) is 90.3 Å². The molecule has 108 valence electrons. The molecule has 7 heteroatoms. The van der Waals surface area contributed by atoms with Crippen molar-refractivity contribution in [2.24, 2.45) is 0 Å². The number of benzene rings is 1. The monoisotopic (exact) mass is 346 g/mol. The third-order valence-corrected chi connectivity index (χ3v) is 3.55. The minimum Gasteiger partial charge on any atom is -0.360 e. The quantitative estimate of drug-likeness (QED) is 0.812.